The summed E-state index contributed by atoms with van der Waals surface area (Å²) in [6.45, 7) is 0.706. The van der Waals surface area contributed by atoms with Gasteiger partial charge in [0.2, 0.25) is 0 Å². The van der Waals surface area contributed by atoms with Gasteiger partial charge in [0.25, 0.3) is 5.91 Å². The first-order valence-electron chi connectivity index (χ1n) is 10.2. The maximum atomic E-state index is 13.4. The predicted molar refractivity (Wildman–Crippen MR) is 124 cm³/mol. The molecule has 0 fully saturated rings. The summed E-state index contributed by atoms with van der Waals surface area (Å²) in [5.41, 5.74) is 4.39. The zero-order valence-corrected chi connectivity index (χ0v) is 17.7. The Morgan fingerprint density at radius 2 is 1.81 bits per heavy atom. The van der Waals surface area contributed by atoms with Crippen LogP contribution in [0.4, 0.5) is 11.4 Å². The van der Waals surface area contributed by atoms with Crippen LogP contribution in [0.2, 0.25) is 5.15 Å². The van der Waals surface area contributed by atoms with Crippen molar-refractivity contribution in [3.63, 3.8) is 0 Å². The number of benzene rings is 2. The summed E-state index contributed by atoms with van der Waals surface area (Å²) in [5.74, 6) is -0.406. The minimum Gasteiger partial charge on any atom is -0.370 e. The molecule has 0 bridgehead atoms. The van der Waals surface area contributed by atoms with E-state index < -0.39 is 6.04 Å². The van der Waals surface area contributed by atoms with Crippen LogP contribution < -0.4 is 10.6 Å². The van der Waals surface area contributed by atoms with Gasteiger partial charge in [-0.2, -0.15) is 0 Å². The topological polar surface area (TPSA) is 76.0 Å². The van der Waals surface area contributed by atoms with Crippen molar-refractivity contribution >= 4 is 34.7 Å². The molecule has 5 rings (SSSR count). The minimum absolute atomic E-state index is 0.0465. The van der Waals surface area contributed by atoms with Crippen molar-refractivity contribution in [1.82, 2.24) is 9.55 Å². The van der Waals surface area contributed by atoms with Gasteiger partial charge in [0.15, 0.2) is 5.78 Å². The maximum Gasteiger partial charge on any atom is 0.258 e. The molecule has 4 aromatic rings. The molecule has 3 heterocycles. The highest BCUT2D eigenvalue weighted by atomic mass is 35.5. The van der Waals surface area contributed by atoms with Gasteiger partial charge in [-0.3, -0.25) is 9.59 Å². The first kappa shape index (κ1) is 20.0. The van der Waals surface area contributed by atoms with Crippen LogP contribution in [0, 0.1) is 0 Å². The van der Waals surface area contributed by atoms with E-state index in [0.29, 0.717) is 17.8 Å². The smallest absolute Gasteiger partial charge is 0.258 e. The standard InChI is InChI=1S/C25H19ClN4O2/c26-24-19(6-3-13-27-24)25(32)28-18-11-9-16(10-12-18)23(31)22-21-8-4-14-30(21)15-17-5-1-2-7-20(17)29-22/h1-14,22,29H,15H2,(H,28,32). The molecular weight excluding hydrogens is 424 g/mol. The van der Waals surface area contributed by atoms with Crippen LogP contribution >= 0.6 is 11.6 Å². The molecular formula is C25H19ClN4O2. The molecule has 1 atom stereocenters. The molecule has 7 heteroatoms. The molecule has 0 spiro atoms. The van der Waals surface area contributed by atoms with Crippen molar-refractivity contribution in [3.8, 4) is 0 Å². The van der Waals surface area contributed by atoms with Crippen LogP contribution in [0.15, 0.2) is 85.2 Å². The van der Waals surface area contributed by atoms with Gasteiger partial charge < -0.3 is 15.2 Å². The maximum absolute atomic E-state index is 13.4. The van der Waals surface area contributed by atoms with Crippen molar-refractivity contribution in [2.75, 3.05) is 10.6 Å². The van der Waals surface area contributed by atoms with Crippen molar-refractivity contribution in [2.24, 2.45) is 0 Å². The molecule has 1 aliphatic rings. The number of hydrogen-bond donors (Lipinski definition) is 2. The predicted octanol–water partition coefficient (Wildman–Crippen LogP) is 5.19. The number of rotatable bonds is 4. The second-order valence-corrected chi connectivity index (χ2v) is 7.89. The van der Waals surface area contributed by atoms with Crippen molar-refractivity contribution in [1.29, 1.82) is 0 Å². The van der Waals surface area contributed by atoms with Gasteiger partial charge in [-0.15, -0.1) is 0 Å². The zero-order chi connectivity index (χ0) is 22.1. The Morgan fingerprint density at radius 1 is 1.00 bits per heavy atom. The molecule has 0 saturated carbocycles. The number of aromatic nitrogens is 2. The molecule has 2 aromatic carbocycles. The fourth-order valence-corrected chi connectivity index (χ4v) is 4.09. The first-order valence-corrected chi connectivity index (χ1v) is 10.5. The van der Waals surface area contributed by atoms with Crippen LogP contribution in [0.25, 0.3) is 0 Å². The van der Waals surface area contributed by atoms with E-state index in [2.05, 4.69) is 26.3 Å². The highest BCUT2D eigenvalue weighted by molar-refractivity contribution is 6.33. The zero-order valence-electron chi connectivity index (χ0n) is 17.0. The average molecular weight is 443 g/mol. The number of para-hydroxylation sites is 1. The summed E-state index contributed by atoms with van der Waals surface area (Å²) in [5, 5.41) is 6.34. The lowest BCUT2D eigenvalue weighted by Gasteiger charge is -2.18. The Balaban J connectivity index is 1.38. The molecule has 6 nitrogen and oxygen atoms in total. The number of fused-ring (bicyclic) bond motifs is 2. The molecule has 2 aromatic heterocycles. The summed E-state index contributed by atoms with van der Waals surface area (Å²) < 4.78 is 2.09. The van der Waals surface area contributed by atoms with Crippen LogP contribution in [0.1, 0.15) is 38.0 Å². The lowest BCUT2D eigenvalue weighted by Crippen LogP contribution is -2.22. The van der Waals surface area contributed by atoms with E-state index in [4.69, 9.17) is 11.6 Å². The average Bonchev–Trinajstić information content (AvgIpc) is 3.20. The SMILES string of the molecule is O=C(Nc1ccc(C(=O)C2Nc3ccccc3Cn3cccc32)cc1)c1cccnc1Cl. The molecule has 0 saturated heterocycles. The number of carbonyl (C=O) groups is 2. The Hall–Kier alpha value is -3.90. The van der Waals surface area contributed by atoms with Gasteiger partial charge in [0, 0.05) is 41.6 Å². The summed E-state index contributed by atoms with van der Waals surface area (Å²) >= 11 is 5.99. The molecule has 1 aliphatic heterocycles. The number of anilines is 2. The number of amides is 1. The number of nitrogens with one attached hydrogen (secondary N) is 2. The van der Waals surface area contributed by atoms with E-state index in [0.717, 1.165) is 16.9 Å². The largest absolute Gasteiger partial charge is 0.370 e. The fourth-order valence-electron chi connectivity index (χ4n) is 3.88. The van der Waals surface area contributed by atoms with E-state index in [1.165, 1.54) is 6.20 Å². The number of carbonyl (C=O) groups excluding carboxylic acids is 2. The van der Waals surface area contributed by atoms with Crippen molar-refractivity contribution in [3.05, 3.63) is 113 Å². The highest BCUT2D eigenvalue weighted by Crippen LogP contribution is 2.31. The Bertz CT molecular complexity index is 1310. The number of halogens is 1. The van der Waals surface area contributed by atoms with Crippen molar-refractivity contribution in [2.45, 2.75) is 12.6 Å². The molecule has 1 amide bonds. The van der Waals surface area contributed by atoms with Crippen molar-refractivity contribution < 1.29 is 9.59 Å². The van der Waals surface area contributed by atoms with E-state index in [1.54, 1.807) is 36.4 Å². The summed E-state index contributed by atoms with van der Waals surface area (Å²) in [6, 6.07) is 21.5. The number of Topliss-reactive ketones (excluding diaryl/α,β-unsaturated/α-hetero) is 1. The number of hydrogen-bond acceptors (Lipinski definition) is 4. The lowest BCUT2D eigenvalue weighted by atomic mass is 10.0. The Morgan fingerprint density at radius 3 is 2.62 bits per heavy atom. The third-order valence-electron chi connectivity index (χ3n) is 5.51. The van der Waals surface area contributed by atoms with Crippen LogP contribution in [0.3, 0.4) is 0 Å². The third-order valence-corrected chi connectivity index (χ3v) is 5.81. The molecule has 158 valence electrons. The molecule has 0 radical (unpaired) electrons. The fraction of sp³-hybridized carbons (Fsp3) is 0.0800. The van der Waals surface area contributed by atoms with Gasteiger partial charge in [0.1, 0.15) is 11.2 Å². The van der Waals surface area contributed by atoms with Crippen LogP contribution in [-0.4, -0.2) is 21.2 Å². The quantitative estimate of drug-likeness (QED) is 0.337. The molecule has 1 unspecified atom stereocenters. The Kier molecular flexibility index (Phi) is 5.21. The normalized spacial score (nSPS) is 14.5. The van der Waals surface area contributed by atoms with Crippen LogP contribution in [0.5, 0.6) is 0 Å². The van der Waals surface area contributed by atoms with Gasteiger partial charge in [0.05, 0.1) is 5.56 Å². The molecule has 32 heavy (non-hydrogen) atoms. The van der Waals surface area contributed by atoms with E-state index in [-0.39, 0.29) is 22.4 Å². The Labute approximate surface area is 189 Å². The number of pyridine rings is 1. The summed E-state index contributed by atoms with van der Waals surface area (Å²) in [7, 11) is 0. The van der Waals surface area contributed by atoms with E-state index in [9.17, 15) is 9.59 Å². The van der Waals surface area contributed by atoms with E-state index in [1.807, 2.05) is 36.5 Å². The van der Waals surface area contributed by atoms with Gasteiger partial charge in [-0.1, -0.05) is 29.8 Å². The first-order chi connectivity index (χ1) is 15.6. The van der Waals surface area contributed by atoms with Crippen LogP contribution in [-0.2, 0) is 6.54 Å². The monoisotopic (exact) mass is 442 g/mol. The third kappa shape index (κ3) is 3.76. The highest BCUT2D eigenvalue weighted by Gasteiger charge is 2.28. The second-order valence-electron chi connectivity index (χ2n) is 7.53. The number of ketones is 1. The lowest BCUT2D eigenvalue weighted by molar-refractivity contribution is 0.0966. The summed E-state index contributed by atoms with van der Waals surface area (Å²) in [6.07, 6.45) is 3.51. The number of nitrogens with zero attached hydrogens (tertiary/aromatic N) is 2. The van der Waals surface area contributed by atoms with E-state index >= 15 is 0 Å². The minimum atomic E-state index is -0.511. The van der Waals surface area contributed by atoms with Gasteiger partial charge in [-0.05, 0) is 60.2 Å². The second kappa shape index (κ2) is 8.32. The molecule has 2 N–H and O–H groups in total. The van der Waals surface area contributed by atoms with Gasteiger partial charge in [-0.25, -0.2) is 4.98 Å². The summed E-state index contributed by atoms with van der Waals surface area (Å²) in [4.78, 5) is 29.8. The van der Waals surface area contributed by atoms with Gasteiger partial charge >= 0.3 is 0 Å². The molecule has 0 aliphatic carbocycles.